The highest BCUT2D eigenvalue weighted by Crippen LogP contribution is 2.42. The van der Waals surface area contributed by atoms with Crippen LogP contribution < -0.4 is 4.72 Å². The summed E-state index contributed by atoms with van der Waals surface area (Å²) >= 11 is 2.45. The van der Waals surface area contributed by atoms with Gasteiger partial charge < -0.3 is 4.90 Å². The van der Waals surface area contributed by atoms with Gasteiger partial charge in [0.15, 0.2) is 5.04 Å². The fourth-order valence-electron chi connectivity index (χ4n) is 3.65. The number of carbonyl (C=O) groups excluding carboxylic acids is 2. The summed E-state index contributed by atoms with van der Waals surface area (Å²) in [6, 6.07) is -0.410. The number of thioether (sulfide) groups is 1. The van der Waals surface area contributed by atoms with Crippen LogP contribution in [0, 0.1) is 12.8 Å². The summed E-state index contributed by atoms with van der Waals surface area (Å²) in [5.74, 6) is -1.17. The second-order valence-electron chi connectivity index (χ2n) is 8.93. The van der Waals surface area contributed by atoms with Gasteiger partial charge >= 0.3 is 11.9 Å². The van der Waals surface area contributed by atoms with Crippen molar-refractivity contribution in [1.29, 1.82) is 0 Å². The third-order valence-corrected chi connectivity index (χ3v) is 9.90. The molecule has 1 atom stereocenters. The number of nitrogens with zero attached hydrogens (tertiary/aromatic N) is 4. The molecule has 0 saturated heterocycles. The van der Waals surface area contributed by atoms with Crippen LogP contribution in [-0.2, 0) is 21.4 Å². The van der Waals surface area contributed by atoms with Crippen molar-refractivity contribution >= 4 is 50.1 Å². The van der Waals surface area contributed by atoms with Crippen molar-refractivity contribution in [3.63, 3.8) is 0 Å². The SMILES string of the molecule is Cc1ncc(CN2C(=O)C3C=C(S(=O)(=O)NC4(C)CC4)SC3=[N+](CCCN(C)C)C2=O)s1. The molecule has 1 N–H and O–H groups in total. The summed E-state index contributed by atoms with van der Waals surface area (Å²) in [4.78, 5) is 34.9. The number of aromatic nitrogens is 1. The van der Waals surface area contributed by atoms with Gasteiger partial charge in [0.25, 0.3) is 0 Å². The number of aryl methyl sites for hydroxylation is 1. The average molecular weight is 499 g/mol. The lowest BCUT2D eigenvalue weighted by Crippen LogP contribution is -2.52. The summed E-state index contributed by atoms with van der Waals surface area (Å²) in [6.45, 7) is 5.05. The quantitative estimate of drug-likeness (QED) is 0.519. The van der Waals surface area contributed by atoms with Crippen molar-refractivity contribution in [3.05, 3.63) is 26.4 Å². The predicted octanol–water partition coefficient (Wildman–Crippen LogP) is 1.95. The molecule has 1 aliphatic carbocycles. The Hall–Kier alpha value is -1.60. The molecule has 32 heavy (non-hydrogen) atoms. The topological polar surface area (TPSA) is 103 Å². The summed E-state index contributed by atoms with van der Waals surface area (Å²) in [5, 5.41) is 1.34. The maximum absolute atomic E-state index is 13.3. The Balaban J connectivity index is 1.65. The Labute approximate surface area is 196 Å². The van der Waals surface area contributed by atoms with Crippen LogP contribution in [0.25, 0.3) is 0 Å². The predicted molar refractivity (Wildman–Crippen MR) is 125 cm³/mol. The Kier molecular flexibility index (Phi) is 6.36. The molecule has 0 aromatic carbocycles. The Morgan fingerprint density at radius 2 is 2.06 bits per heavy atom. The van der Waals surface area contributed by atoms with Gasteiger partial charge in [-0.1, -0.05) is 0 Å². The lowest BCUT2D eigenvalue weighted by Gasteiger charge is -2.24. The fourth-order valence-corrected chi connectivity index (χ4v) is 7.51. The highest BCUT2D eigenvalue weighted by atomic mass is 32.3. The second kappa shape index (κ2) is 8.64. The van der Waals surface area contributed by atoms with Crippen LogP contribution in [-0.4, -0.2) is 77.5 Å². The average Bonchev–Trinajstić information content (AvgIpc) is 3.09. The van der Waals surface area contributed by atoms with Crippen LogP contribution in [0.5, 0.6) is 0 Å². The monoisotopic (exact) mass is 498 g/mol. The van der Waals surface area contributed by atoms with Gasteiger partial charge in [0.05, 0.1) is 16.4 Å². The number of urea groups is 1. The molecule has 3 aliphatic rings. The first-order chi connectivity index (χ1) is 15.0. The number of hydrogen-bond donors (Lipinski definition) is 1. The van der Waals surface area contributed by atoms with E-state index in [0.29, 0.717) is 18.0 Å². The number of thiazole rings is 1. The standard InChI is InChI=1S/C20H28N5O4S3/c1-13-21-11-14(30-13)12-25-17(26)15-10-16(32(28,29)22-20(2)6-7-20)31-18(15)24(19(25)27)9-5-8-23(3)4/h10-11,15,22H,5-9,12H2,1-4H3/q+1. The molecule has 1 unspecified atom stereocenters. The summed E-state index contributed by atoms with van der Waals surface area (Å²) in [6.07, 6.45) is 5.45. The van der Waals surface area contributed by atoms with Crippen molar-refractivity contribution in [1.82, 2.24) is 19.5 Å². The molecule has 12 heteroatoms. The highest BCUT2D eigenvalue weighted by Gasteiger charge is 2.52. The number of amides is 3. The summed E-state index contributed by atoms with van der Waals surface area (Å²) < 4.78 is 30.3. The Morgan fingerprint density at radius 3 is 2.66 bits per heavy atom. The molecule has 0 bridgehead atoms. The number of fused-ring (bicyclic) bond motifs is 1. The van der Waals surface area contributed by atoms with Gasteiger partial charge in [-0.05, 0) is 65.0 Å². The van der Waals surface area contributed by atoms with E-state index in [9.17, 15) is 18.0 Å². The number of nitrogens with one attached hydrogen (secondary N) is 1. The van der Waals surface area contributed by atoms with Gasteiger partial charge in [-0.3, -0.25) is 0 Å². The fraction of sp³-hybridized carbons (Fsp3) is 0.600. The third-order valence-electron chi connectivity index (χ3n) is 5.65. The van der Waals surface area contributed by atoms with Gasteiger partial charge in [-0.2, -0.15) is 14.3 Å². The van der Waals surface area contributed by atoms with E-state index in [1.807, 2.05) is 32.8 Å². The lowest BCUT2D eigenvalue weighted by atomic mass is 10.1. The maximum Gasteiger partial charge on any atom is 0.501 e. The van der Waals surface area contributed by atoms with E-state index >= 15 is 0 Å². The number of hydrogen-bond acceptors (Lipinski definition) is 8. The van der Waals surface area contributed by atoms with E-state index in [1.165, 1.54) is 22.3 Å². The molecule has 3 amide bonds. The van der Waals surface area contributed by atoms with Crippen molar-refractivity contribution < 1.29 is 22.6 Å². The molecule has 0 radical (unpaired) electrons. The molecule has 1 saturated carbocycles. The van der Waals surface area contributed by atoms with E-state index in [1.54, 1.807) is 10.8 Å². The van der Waals surface area contributed by atoms with Crippen LogP contribution in [0.1, 0.15) is 36.1 Å². The van der Waals surface area contributed by atoms with E-state index in [0.717, 1.165) is 41.0 Å². The first-order valence-corrected chi connectivity index (χ1v) is 13.6. The Bertz CT molecular complexity index is 1120. The van der Waals surface area contributed by atoms with E-state index < -0.39 is 33.4 Å². The zero-order chi connectivity index (χ0) is 23.3. The lowest BCUT2D eigenvalue weighted by molar-refractivity contribution is -0.438. The molecular formula is C20H28N5O4S3+. The highest BCUT2D eigenvalue weighted by molar-refractivity contribution is 8.27. The molecule has 1 fully saturated rings. The van der Waals surface area contributed by atoms with Crippen LogP contribution in [0.4, 0.5) is 4.79 Å². The number of carbonyl (C=O) groups is 2. The van der Waals surface area contributed by atoms with E-state index in [2.05, 4.69) is 9.71 Å². The van der Waals surface area contributed by atoms with Gasteiger partial charge in [0.2, 0.25) is 10.0 Å². The number of imide groups is 1. The van der Waals surface area contributed by atoms with Crippen LogP contribution in [0.15, 0.2) is 16.5 Å². The molecule has 2 aliphatic heterocycles. The maximum atomic E-state index is 13.3. The summed E-state index contributed by atoms with van der Waals surface area (Å²) in [7, 11) is 0.154. The van der Waals surface area contributed by atoms with Crippen molar-refractivity contribution in [3.8, 4) is 0 Å². The van der Waals surface area contributed by atoms with Crippen LogP contribution in [0.3, 0.4) is 0 Å². The molecular weight excluding hydrogens is 470 g/mol. The molecule has 3 heterocycles. The minimum absolute atomic E-state index is 0.0971. The van der Waals surface area contributed by atoms with Crippen molar-refractivity contribution in [2.75, 3.05) is 27.2 Å². The molecule has 0 spiro atoms. The smallest absolute Gasteiger partial charge is 0.309 e. The van der Waals surface area contributed by atoms with Gasteiger partial charge in [-0.25, -0.2) is 22.9 Å². The zero-order valence-electron chi connectivity index (χ0n) is 18.6. The summed E-state index contributed by atoms with van der Waals surface area (Å²) in [5.41, 5.74) is -0.417. The van der Waals surface area contributed by atoms with Gasteiger partial charge in [0, 0.05) is 18.3 Å². The first-order valence-electron chi connectivity index (χ1n) is 10.5. The zero-order valence-corrected chi connectivity index (χ0v) is 21.1. The van der Waals surface area contributed by atoms with E-state index in [4.69, 9.17) is 0 Å². The second-order valence-corrected chi connectivity index (χ2v) is 13.2. The molecule has 4 rings (SSSR count). The van der Waals surface area contributed by atoms with Crippen LogP contribution in [0.2, 0.25) is 0 Å². The van der Waals surface area contributed by atoms with Gasteiger partial charge in [-0.15, -0.1) is 11.3 Å². The molecule has 174 valence electrons. The normalized spacial score (nSPS) is 22.6. The van der Waals surface area contributed by atoms with Crippen molar-refractivity contribution in [2.24, 2.45) is 5.92 Å². The Morgan fingerprint density at radius 1 is 1.34 bits per heavy atom. The minimum Gasteiger partial charge on any atom is -0.309 e. The minimum atomic E-state index is -3.76. The number of sulfonamides is 1. The van der Waals surface area contributed by atoms with Crippen LogP contribution >= 0.6 is 23.1 Å². The first kappa shape index (κ1) is 23.6. The third kappa shape index (κ3) is 4.84. The molecule has 1 aromatic heterocycles. The van der Waals surface area contributed by atoms with Gasteiger partial charge in [0.1, 0.15) is 16.7 Å². The largest absolute Gasteiger partial charge is 0.501 e. The molecule has 9 nitrogen and oxygen atoms in total. The molecule has 1 aromatic rings. The van der Waals surface area contributed by atoms with E-state index in [-0.39, 0.29) is 10.8 Å². The van der Waals surface area contributed by atoms with Crippen molar-refractivity contribution in [2.45, 2.75) is 45.2 Å². The number of rotatable bonds is 9.